The van der Waals surface area contributed by atoms with Crippen LogP contribution in [-0.2, 0) is 5.75 Å². The summed E-state index contributed by atoms with van der Waals surface area (Å²) in [5.74, 6) is 1.50. The maximum Gasteiger partial charge on any atom is 0.222 e. The lowest BCUT2D eigenvalue weighted by atomic mass is 10.2. The average molecular weight is 326 g/mol. The molecule has 1 aromatic carbocycles. The van der Waals surface area contributed by atoms with Gasteiger partial charge in [0.25, 0.3) is 0 Å². The second-order valence-electron chi connectivity index (χ2n) is 4.11. The van der Waals surface area contributed by atoms with Gasteiger partial charge in [0.15, 0.2) is 11.9 Å². The SMILES string of the molecule is NC1=NC2=NC=NC2C(SCc2ccc(Cl)c(Cl)c2)=N1. The number of amidine groups is 1. The Balaban J connectivity index is 1.75. The van der Waals surface area contributed by atoms with Crippen LogP contribution >= 0.6 is 35.0 Å². The first-order valence-electron chi connectivity index (χ1n) is 5.72. The van der Waals surface area contributed by atoms with Gasteiger partial charge < -0.3 is 5.73 Å². The maximum absolute atomic E-state index is 5.99. The van der Waals surface area contributed by atoms with Gasteiger partial charge in [-0.05, 0) is 17.7 Å². The smallest absolute Gasteiger partial charge is 0.222 e. The molecule has 20 heavy (non-hydrogen) atoms. The van der Waals surface area contributed by atoms with E-state index in [0.717, 1.165) is 10.6 Å². The van der Waals surface area contributed by atoms with Crippen molar-refractivity contribution in [2.45, 2.75) is 11.8 Å². The Kier molecular flexibility index (Phi) is 3.78. The lowest BCUT2D eigenvalue weighted by molar-refractivity contribution is 1.15. The Hall–Kier alpha value is -1.37. The van der Waals surface area contributed by atoms with Crippen molar-refractivity contribution >= 4 is 58.1 Å². The largest absolute Gasteiger partial charge is 0.368 e. The maximum atomic E-state index is 5.99. The van der Waals surface area contributed by atoms with Crippen LogP contribution in [0.4, 0.5) is 0 Å². The lowest BCUT2D eigenvalue weighted by Gasteiger charge is -2.15. The molecule has 2 aliphatic heterocycles. The van der Waals surface area contributed by atoms with Crippen molar-refractivity contribution in [1.29, 1.82) is 0 Å². The number of rotatable bonds is 2. The molecule has 0 saturated heterocycles. The molecule has 2 aliphatic rings. The molecule has 1 atom stereocenters. The van der Waals surface area contributed by atoms with Crippen LogP contribution in [0.3, 0.4) is 0 Å². The molecule has 0 radical (unpaired) electrons. The number of thioether (sulfide) groups is 1. The van der Waals surface area contributed by atoms with E-state index in [4.69, 9.17) is 28.9 Å². The zero-order valence-electron chi connectivity index (χ0n) is 10.1. The number of guanidine groups is 1. The van der Waals surface area contributed by atoms with E-state index in [2.05, 4.69) is 20.0 Å². The van der Waals surface area contributed by atoms with E-state index in [1.54, 1.807) is 6.07 Å². The molecule has 1 aromatic rings. The molecule has 0 bridgehead atoms. The second kappa shape index (κ2) is 5.55. The summed E-state index contributed by atoms with van der Waals surface area (Å²) >= 11 is 13.4. The molecule has 2 heterocycles. The molecule has 3 rings (SSSR count). The van der Waals surface area contributed by atoms with Crippen LogP contribution in [0.5, 0.6) is 0 Å². The zero-order chi connectivity index (χ0) is 14.1. The highest BCUT2D eigenvalue weighted by Crippen LogP contribution is 2.27. The zero-order valence-corrected chi connectivity index (χ0v) is 12.5. The molecule has 8 heteroatoms. The monoisotopic (exact) mass is 325 g/mol. The molecule has 102 valence electrons. The molecule has 2 N–H and O–H groups in total. The van der Waals surface area contributed by atoms with Gasteiger partial charge in [-0.15, -0.1) is 11.8 Å². The standard InChI is InChI=1S/C12H9Cl2N5S/c13-7-2-1-6(3-8(7)14)4-20-11-9-10(17-5-16-9)18-12(15)19-11/h1-3,5,9H,4H2,(H2,15,16,17,18). The number of benzene rings is 1. The topological polar surface area (TPSA) is 75.5 Å². The van der Waals surface area contributed by atoms with Crippen LogP contribution < -0.4 is 5.73 Å². The Labute approximate surface area is 129 Å². The van der Waals surface area contributed by atoms with Gasteiger partial charge in [-0.1, -0.05) is 29.3 Å². The summed E-state index contributed by atoms with van der Waals surface area (Å²) < 4.78 is 0. The molecule has 0 amide bonds. The summed E-state index contributed by atoms with van der Waals surface area (Å²) in [5.41, 5.74) is 6.72. The third kappa shape index (κ3) is 2.72. The van der Waals surface area contributed by atoms with E-state index >= 15 is 0 Å². The van der Waals surface area contributed by atoms with Gasteiger partial charge in [0, 0.05) is 5.75 Å². The molecule has 1 unspecified atom stereocenters. The molecule has 0 saturated carbocycles. The first kappa shape index (κ1) is 13.6. The second-order valence-corrected chi connectivity index (χ2v) is 5.92. The Morgan fingerprint density at radius 2 is 2.05 bits per heavy atom. The molecule has 0 fully saturated rings. The van der Waals surface area contributed by atoms with Crippen LogP contribution in [0.25, 0.3) is 0 Å². The van der Waals surface area contributed by atoms with Crippen molar-refractivity contribution in [3.05, 3.63) is 33.8 Å². The van der Waals surface area contributed by atoms with Crippen molar-refractivity contribution < 1.29 is 0 Å². The highest BCUT2D eigenvalue weighted by atomic mass is 35.5. The van der Waals surface area contributed by atoms with Crippen LogP contribution in [0.15, 0.2) is 38.2 Å². The van der Waals surface area contributed by atoms with Crippen LogP contribution in [0.2, 0.25) is 10.0 Å². The number of halogens is 2. The molecule has 5 nitrogen and oxygen atoms in total. The highest BCUT2D eigenvalue weighted by molar-refractivity contribution is 8.13. The minimum atomic E-state index is -0.227. The molecular weight excluding hydrogens is 317 g/mol. The number of fused-ring (bicyclic) bond motifs is 1. The summed E-state index contributed by atoms with van der Waals surface area (Å²) in [7, 11) is 0. The van der Waals surface area contributed by atoms with Gasteiger partial charge >= 0.3 is 0 Å². The first-order valence-corrected chi connectivity index (χ1v) is 7.46. The number of aliphatic imine (C=N–C) groups is 4. The third-order valence-corrected chi connectivity index (χ3v) is 4.54. The Bertz CT molecular complexity index is 680. The van der Waals surface area contributed by atoms with Gasteiger partial charge in [-0.3, -0.25) is 4.99 Å². The van der Waals surface area contributed by atoms with E-state index < -0.39 is 0 Å². The van der Waals surface area contributed by atoms with Crippen molar-refractivity contribution in [3.8, 4) is 0 Å². The van der Waals surface area contributed by atoms with E-state index in [1.165, 1.54) is 18.1 Å². The van der Waals surface area contributed by atoms with Crippen molar-refractivity contribution in [1.82, 2.24) is 0 Å². The fourth-order valence-corrected chi connectivity index (χ4v) is 3.07. The van der Waals surface area contributed by atoms with E-state index in [1.807, 2.05) is 12.1 Å². The van der Waals surface area contributed by atoms with Gasteiger partial charge in [0.05, 0.1) is 10.0 Å². The molecule has 0 spiro atoms. The van der Waals surface area contributed by atoms with Gasteiger partial charge in [-0.25, -0.2) is 9.98 Å². The molecule has 0 aliphatic carbocycles. The first-order chi connectivity index (χ1) is 9.63. The van der Waals surface area contributed by atoms with Crippen LogP contribution in [0.1, 0.15) is 5.56 Å². The molecular formula is C12H9Cl2N5S. The summed E-state index contributed by atoms with van der Waals surface area (Å²) in [6.07, 6.45) is 1.48. The van der Waals surface area contributed by atoms with Gasteiger partial charge in [0.1, 0.15) is 11.4 Å². The van der Waals surface area contributed by atoms with Gasteiger partial charge in [0.2, 0.25) is 5.96 Å². The number of nitrogens with two attached hydrogens (primary N) is 1. The average Bonchev–Trinajstić information content (AvgIpc) is 2.88. The molecule has 0 aromatic heterocycles. The quantitative estimate of drug-likeness (QED) is 0.907. The summed E-state index contributed by atoms with van der Waals surface area (Å²) in [5, 5.41) is 1.87. The van der Waals surface area contributed by atoms with Crippen LogP contribution in [-0.4, -0.2) is 29.2 Å². The van der Waals surface area contributed by atoms with E-state index in [0.29, 0.717) is 21.6 Å². The normalized spacial score (nSPS) is 20.3. The van der Waals surface area contributed by atoms with Crippen molar-refractivity contribution in [2.75, 3.05) is 0 Å². The predicted molar refractivity (Wildman–Crippen MR) is 86.5 cm³/mol. The van der Waals surface area contributed by atoms with E-state index in [9.17, 15) is 0 Å². The van der Waals surface area contributed by atoms with Crippen LogP contribution in [0, 0.1) is 0 Å². The highest BCUT2D eigenvalue weighted by Gasteiger charge is 2.28. The van der Waals surface area contributed by atoms with E-state index in [-0.39, 0.29) is 12.0 Å². The fraction of sp³-hybridized carbons (Fsp3) is 0.167. The lowest BCUT2D eigenvalue weighted by Crippen LogP contribution is -2.31. The van der Waals surface area contributed by atoms with Crippen molar-refractivity contribution in [2.24, 2.45) is 25.7 Å². The minimum absolute atomic E-state index is 0.210. The number of hydrogen-bond acceptors (Lipinski definition) is 6. The predicted octanol–water partition coefficient (Wildman–Crippen LogP) is 2.76. The van der Waals surface area contributed by atoms with Crippen molar-refractivity contribution in [3.63, 3.8) is 0 Å². The Morgan fingerprint density at radius 1 is 1.20 bits per heavy atom. The summed E-state index contributed by atoms with van der Waals surface area (Å²) in [6, 6.07) is 5.31. The number of hydrogen-bond donors (Lipinski definition) is 1. The van der Waals surface area contributed by atoms with Gasteiger partial charge in [-0.2, -0.15) is 4.99 Å². The summed E-state index contributed by atoms with van der Waals surface area (Å²) in [4.78, 5) is 16.6. The third-order valence-electron chi connectivity index (χ3n) is 2.71. The Morgan fingerprint density at radius 3 is 2.85 bits per heavy atom. The number of nitrogens with zero attached hydrogens (tertiary/aromatic N) is 4. The minimum Gasteiger partial charge on any atom is -0.368 e. The summed E-state index contributed by atoms with van der Waals surface area (Å²) in [6.45, 7) is 0. The fourth-order valence-electron chi connectivity index (χ4n) is 1.77.